The molecule has 4 rings (SSSR count). The normalized spacial score (nSPS) is 10.9. The molecule has 1 N–H and O–H groups in total. The number of rotatable bonds is 7. The molecule has 1 aromatic heterocycles. The third-order valence-corrected chi connectivity index (χ3v) is 5.78. The number of halogens is 2. The van der Waals surface area contributed by atoms with Crippen molar-refractivity contribution in [2.45, 2.75) is 0 Å². The number of ether oxygens (including phenoxy) is 1. The predicted octanol–water partition coefficient (Wildman–Crippen LogP) is 6.69. The van der Waals surface area contributed by atoms with E-state index in [1.54, 1.807) is 42.6 Å². The fourth-order valence-electron chi connectivity index (χ4n) is 2.82. The molecule has 0 atom stereocenters. The molecule has 0 saturated carbocycles. The van der Waals surface area contributed by atoms with Gasteiger partial charge in [0.15, 0.2) is 0 Å². The lowest BCUT2D eigenvalue weighted by atomic mass is 10.2. The van der Waals surface area contributed by atoms with E-state index in [1.165, 1.54) is 35.6 Å². The van der Waals surface area contributed by atoms with Crippen molar-refractivity contribution in [1.82, 2.24) is 4.98 Å². The number of aromatic nitrogens is 1. The Kier molecular flexibility index (Phi) is 7.17. The molecular weight excluding hydrogens is 499 g/mol. The van der Waals surface area contributed by atoms with Crippen LogP contribution in [0.15, 0.2) is 77.2 Å². The van der Waals surface area contributed by atoms with Gasteiger partial charge in [-0.2, -0.15) is 5.10 Å². The van der Waals surface area contributed by atoms with Gasteiger partial charge in [0.25, 0.3) is 5.69 Å². The van der Waals surface area contributed by atoms with E-state index in [2.05, 4.69) is 15.5 Å². The average molecular weight is 513 g/mol. The van der Waals surface area contributed by atoms with Crippen LogP contribution in [-0.2, 0) is 0 Å². The van der Waals surface area contributed by atoms with Crippen molar-refractivity contribution in [3.63, 3.8) is 0 Å². The number of hydrogen-bond acceptors (Lipinski definition) is 8. The summed E-state index contributed by atoms with van der Waals surface area (Å²) in [6, 6.07) is 17.1. The molecule has 34 heavy (non-hydrogen) atoms. The van der Waals surface area contributed by atoms with Crippen molar-refractivity contribution in [2.24, 2.45) is 5.10 Å². The van der Waals surface area contributed by atoms with Gasteiger partial charge in [-0.3, -0.25) is 15.5 Å². The number of thiazole rings is 1. The number of nitro benzene ring substituents is 1. The number of anilines is 1. The third kappa shape index (κ3) is 5.76. The summed E-state index contributed by atoms with van der Waals surface area (Å²) >= 11 is 13.5. The molecule has 0 aliphatic rings. The maximum absolute atomic E-state index is 12.2. The number of hydrogen-bond donors (Lipinski definition) is 1. The van der Waals surface area contributed by atoms with Crippen LogP contribution in [0.25, 0.3) is 11.3 Å². The van der Waals surface area contributed by atoms with Gasteiger partial charge in [-0.25, -0.2) is 9.78 Å². The van der Waals surface area contributed by atoms with Gasteiger partial charge in [0.05, 0.1) is 27.4 Å². The molecule has 0 fully saturated rings. The minimum Gasteiger partial charge on any atom is -0.423 e. The molecule has 0 bridgehead atoms. The molecular formula is C23H14Cl2N4O4S. The van der Waals surface area contributed by atoms with E-state index in [0.717, 1.165) is 11.1 Å². The first-order valence-electron chi connectivity index (χ1n) is 9.66. The van der Waals surface area contributed by atoms with E-state index in [-0.39, 0.29) is 11.3 Å². The van der Waals surface area contributed by atoms with E-state index in [4.69, 9.17) is 27.9 Å². The summed E-state index contributed by atoms with van der Waals surface area (Å²) in [5, 5.41) is 18.4. The molecule has 0 unspecified atom stereocenters. The number of nitro groups is 1. The molecule has 0 saturated heterocycles. The first kappa shape index (κ1) is 23.4. The Labute approximate surface area is 207 Å². The summed E-state index contributed by atoms with van der Waals surface area (Å²) in [6.07, 6.45) is 1.60. The van der Waals surface area contributed by atoms with E-state index >= 15 is 0 Å². The summed E-state index contributed by atoms with van der Waals surface area (Å²) in [4.78, 5) is 26.8. The summed E-state index contributed by atoms with van der Waals surface area (Å²) in [6.45, 7) is 0. The Hall–Kier alpha value is -3.79. The van der Waals surface area contributed by atoms with Crippen LogP contribution in [0.3, 0.4) is 0 Å². The molecule has 11 heteroatoms. The first-order valence-corrected chi connectivity index (χ1v) is 11.3. The van der Waals surface area contributed by atoms with Gasteiger partial charge in [-0.15, -0.1) is 11.3 Å². The van der Waals surface area contributed by atoms with Gasteiger partial charge < -0.3 is 4.74 Å². The molecule has 8 nitrogen and oxygen atoms in total. The second kappa shape index (κ2) is 10.4. The molecule has 0 spiro atoms. The highest BCUT2D eigenvalue weighted by Crippen LogP contribution is 2.32. The smallest absolute Gasteiger partial charge is 0.343 e. The highest BCUT2D eigenvalue weighted by atomic mass is 35.5. The SMILES string of the molecule is O=C(Oc1ccc(/C=N\Nc2nc(-c3ccc(Cl)cc3Cl)cs2)cc1)c1ccc([N+](=O)[O-])cc1. The zero-order valence-corrected chi connectivity index (χ0v) is 19.5. The lowest BCUT2D eigenvalue weighted by molar-refractivity contribution is -0.384. The summed E-state index contributed by atoms with van der Waals surface area (Å²) in [7, 11) is 0. The number of non-ortho nitro benzene ring substituents is 1. The van der Waals surface area contributed by atoms with Crippen LogP contribution in [0.2, 0.25) is 10.0 Å². The van der Waals surface area contributed by atoms with Gasteiger partial charge in [0.2, 0.25) is 5.13 Å². The van der Waals surface area contributed by atoms with E-state index < -0.39 is 10.9 Å². The Morgan fingerprint density at radius 1 is 1.09 bits per heavy atom. The highest BCUT2D eigenvalue weighted by molar-refractivity contribution is 7.14. The predicted molar refractivity (Wildman–Crippen MR) is 133 cm³/mol. The van der Waals surface area contributed by atoms with E-state index in [1.807, 2.05) is 11.4 Å². The third-order valence-electron chi connectivity index (χ3n) is 4.49. The van der Waals surface area contributed by atoms with Crippen LogP contribution >= 0.6 is 34.5 Å². The first-order chi connectivity index (χ1) is 16.4. The summed E-state index contributed by atoms with van der Waals surface area (Å²) in [5.41, 5.74) is 5.23. The zero-order chi connectivity index (χ0) is 24.1. The molecule has 3 aromatic carbocycles. The van der Waals surface area contributed by atoms with Crippen LogP contribution in [0.4, 0.5) is 10.8 Å². The number of carbonyl (C=O) groups excluding carboxylic acids is 1. The number of carbonyl (C=O) groups is 1. The average Bonchev–Trinajstić information content (AvgIpc) is 3.29. The van der Waals surface area contributed by atoms with Crippen LogP contribution < -0.4 is 10.2 Å². The minimum absolute atomic E-state index is 0.100. The fraction of sp³-hybridized carbons (Fsp3) is 0. The maximum Gasteiger partial charge on any atom is 0.343 e. The Bertz CT molecular complexity index is 1370. The molecule has 4 aromatic rings. The topological polar surface area (TPSA) is 107 Å². The van der Waals surface area contributed by atoms with Crippen molar-refractivity contribution in [3.8, 4) is 17.0 Å². The number of hydrazone groups is 1. The second-order valence-corrected chi connectivity index (χ2v) is 8.50. The quantitative estimate of drug-likeness (QED) is 0.0970. The van der Waals surface area contributed by atoms with Crippen LogP contribution in [-0.4, -0.2) is 22.1 Å². The summed E-state index contributed by atoms with van der Waals surface area (Å²) < 4.78 is 5.30. The van der Waals surface area contributed by atoms with Crippen molar-refractivity contribution in [1.29, 1.82) is 0 Å². The largest absolute Gasteiger partial charge is 0.423 e. The van der Waals surface area contributed by atoms with Gasteiger partial charge in [-0.05, 0) is 60.2 Å². The van der Waals surface area contributed by atoms with Gasteiger partial charge >= 0.3 is 5.97 Å². The molecule has 0 radical (unpaired) electrons. The molecule has 170 valence electrons. The van der Waals surface area contributed by atoms with E-state index in [0.29, 0.717) is 26.6 Å². The van der Waals surface area contributed by atoms with Crippen molar-refractivity contribution in [3.05, 3.63) is 103 Å². The number of esters is 1. The maximum atomic E-state index is 12.2. The lowest BCUT2D eigenvalue weighted by Crippen LogP contribution is -2.08. The standard InChI is InChI=1S/C23H14Cl2N4O4S/c24-16-5-10-19(20(25)11-16)21-13-34-23(27-21)28-26-12-14-1-8-18(9-2-14)33-22(30)15-3-6-17(7-4-15)29(31)32/h1-13H,(H,27,28)/b26-12-. The number of nitrogens with one attached hydrogen (secondary N) is 1. The Balaban J connectivity index is 1.34. The number of benzene rings is 3. The molecule has 0 aliphatic heterocycles. The fourth-order valence-corrected chi connectivity index (χ4v) is 3.98. The molecule has 1 heterocycles. The van der Waals surface area contributed by atoms with E-state index in [9.17, 15) is 14.9 Å². The highest BCUT2D eigenvalue weighted by Gasteiger charge is 2.12. The van der Waals surface area contributed by atoms with Crippen LogP contribution in [0.1, 0.15) is 15.9 Å². The second-order valence-electron chi connectivity index (χ2n) is 6.79. The van der Waals surface area contributed by atoms with Gasteiger partial charge in [0.1, 0.15) is 5.75 Å². The van der Waals surface area contributed by atoms with Gasteiger partial charge in [-0.1, -0.05) is 23.2 Å². The molecule has 0 amide bonds. The monoisotopic (exact) mass is 512 g/mol. The zero-order valence-electron chi connectivity index (χ0n) is 17.1. The van der Waals surface area contributed by atoms with Crippen molar-refractivity contribution in [2.75, 3.05) is 5.43 Å². The van der Waals surface area contributed by atoms with Crippen LogP contribution in [0.5, 0.6) is 5.75 Å². The Morgan fingerprint density at radius 2 is 1.82 bits per heavy atom. The Morgan fingerprint density at radius 3 is 2.50 bits per heavy atom. The number of nitrogens with zero attached hydrogens (tertiary/aromatic N) is 3. The van der Waals surface area contributed by atoms with Crippen molar-refractivity contribution >= 4 is 57.5 Å². The van der Waals surface area contributed by atoms with Crippen LogP contribution in [0, 0.1) is 10.1 Å². The lowest BCUT2D eigenvalue weighted by Gasteiger charge is -2.04. The van der Waals surface area contributed by atoms with Gasteiger partial charge in [0, 0.05) is 28.1 Å². The van der Waals surface area contributed by atoms with Crippen molar-refractivity contribution < 1.29 is 14.5 Å². The minimum atomic E-state index is -0.613. The summed E-state index contributed by atoms with van der Waals surface area (Å²) in [5.74, 6) is -0.281. The molecule has 0 aliphatic carbocycles.